The van der Waals surface area contributed by atoms with Crippen molar-refractivity contribution in [2.45, 2.75) is 31.5 Å². The number of rotatable bonds is 6. The molecule has 7 nitrogen and oxygen atoms in total. The average molecular weight is 570 g/mol. The Kier molecular flexibility index (Phi) is 7.71. The van der Waals surface area contributed by atoms with Crippen LogP contribution in [-0.4, -0.2) is 54.4 Å². The summed E-state index contributed by atoms with van der Waals surface area (Å²) < 4.78 is 20.6. The SMILES string of the molecule is COc1cccc(F)c1C1=NCc2cnc(Nc3ccc(C4CC(N(C)C)CC[N]4)cc3)nc2-c2ccc(Cl)cc21. The molecule has 1 aromatic heterocycles. The van der Waals surface area contributed by atoms with Crippen molar-refractivity contribution in [3.8, 4) is 17.0 Å². The number of piperidine rings is 1. The number of fused-ring (bicyclic) bond motifs is 3. The number of nitrogens with zero attached hydrogens (tertiary/aromatic N) is 5. The predicted octanol–water partition coefficient (Wildman–Crippen LogP) is 6.41. The Hall–Kier alpha value is -3.85. The van der Waals surface area contributed by atoms with E-state index in [9.17, 15) is 0 Å². The molecule has 9 heteroatoms. The summed E-state index contributed by atoms with van der Waals surface area (Å²) in [6, 6.07) is 19.3. The first-order valence-corrected chi connectivity index (χ1v) is 14.0. The topological polar surface area (TPSA) is 76.7 Å². The van der Waals surface area contributed by atoms with Gasteiger partial charge in [-0.2, -0.15) is 0 Å². The highest BCUT2D eigenvalue weighted by Crippen LogP contribution is 2.36. The van der Waals surface area contributed by atoms with E-state index in [2.05, 4.69) is 41.4 Å². The summed E-state index contributed by atoms with van der Waals surface area (Å²) in [5.74, 6) is 0.435. The summed E-state index contributed by atoms with van der Waals surface area (Å²) in [5.41, 5.74) is 5.87. The molecule has 0 spiro atoms. The summed E-state index contributed by atoms with van der Waals surface area (Å²) in [4.78, 5) is 16.5. The molecule has 1 N–H and O–H groups in total. The van der Waals surface area contributed by atoms with E-state index in [-0.39, 0.29) is 12.6 Å². The molecular weight excluding hydrogens is 539 g/mol. The second kappa shape index (κ2) is 11.6. The van der Waals surface area contributed by atoms with Gasteiger partial charge in [-0.15, -0.1) is 0 Å². The number of benzene rings is 3. The van der Waals surface area contributed by atoms with E-state index in [1.807, 2.05) is 18.2 Å². The molecular formula is C32H31ClFN6O. The highest BCUT2D eigenvalue weighted by Gasteiger charge is 2.26. The van der Waals surface area contributed by atoms with Crippen LogP contribution in [0, 0.1) is 5.82 Å². The minimum atomic E-state index is -0.421. The Morgan fingerprint density at radius 3 is 2.66 bits per heavy atom. The highest BCUT2D eigenvalue weighted by molar-refractivity contribution is 6.31. The van der Waals surface area contributed by atoms with Gasteiger partial charge in [-0.1, -0.05) is 35.9 Å². The number of aliphatic imine (C=N–C) groups is 1. The van der Waals surface area contributed by atoms with Crippen molar-refractivity contribution in [1.82, 2.24) is 20.2 Å². The van der Waals surface area contributed by atoms with Crippen LogP contribution in [0.3, 0.4) is 0 Å². The lowest BCUT2D eigenvalue weighted by Gasteiger charge is -2.33. The maximum atomic E-state index is 15.1. The second-order valence-corrected chi connectivity index (χ2v) is 11.0. The van der Waals surface area contributed by atoms with Crippen LogP contribution in [0.1, 0.15) is 41.1 Å². The molecule has 0 bridgehead atoms. The van der Waals surface area contributed by atoms with Crippen LogP contribution < -0.4 is 15.4 Å². The van der Waals surface area contributed by atoms with E-state index >= 15 is 4.39 Å². The van der Waals surface area contributed by atoms with Gasteiger partial charge in [0.1, 0.15) is 11.6 Å². The fourth-order valence-electron chi connectivity index (χ4n) is 5.56. The molecule has 3 heterocycles. The Morgan fingerprint density at radius 2 is 1.88 bits per heavy atom. The van der Waals surface area contributed by atoms with Crippen LogP contribution in [0.5, 0.6) is 5.75 Å². The molecule has 2 aliphatic heterocycles. The van der Waals surface area contributed by atoms with Gasteiger partial charge >= 0.3 is 0 Å². The van der Waals surface area contributed by atoms with E-state index in [0.717, 1.165) is 41.9 Å². The zero-order chi connectivity index (χ0) is 28.5. The molecule has 209 valence electrons. The monoisotopic (exact) mass is 569 g/mol. The molecule has 0 saturated carbocycles. The van der Waals surface area contributed by atoms with Crippen LogP contribution >= 0.6 is 11.6 Å². The molecule has 2 unspecified atom stereocenters. The average Bonchev–Trinajstić information content (AvgIpc) is 3.13. The number of aromatic nitrogens is 2. The number of ether oxygens (including phenoxy) is 1. The quantitative estimate of drug-likeness (QED) is 0.290. The van der Waals surface area contributed by atoms with Crippen LogP contribution in [-0.2, 0) is 6.54 Å². The number of anilines is 2. The van der Waals surface area contributed by atoms with Gasteiger partial charge in [0.2, 0.25) is 5.95 Å². The maximum Gasteiger partial charge on any atom is 0.227 e. The van der Waals surface area contributed by atoms with Crippen molar-refractivity contribution >= 4 is 28.9 Å². The summed E-state index contributed by atoms with van der Waals surface area (Å²) in [7, 11) is 5.79. The third kappa shape index (κ3) is 5.55. The van der Waals surface area contributed by atoms with Crippen molar-refractivity contribution < 1.29 is 9.13 Å². The first-order chi connectivity index (χ1) is 19.9. The number of nitrogens with one attached hydrogen (secondary N) is 1. The molecule has 0 aliphatic carbocycles. The van der Waals surface area contributed by atoms with Gasteiger partial charge in [0.05, 0.1) is 36.7 Å². The lowest BCUT2D eigenvalue weighted by Crippen LogP contribution is -2.38. The Bertz CT molecular complexity index is 1610. The van der Waals surface area contributed by atoms with Crippen LogP contribution in [0.4, 0.5) is 16.0 Å². The normalized spacial score (nSPS) is 18.2. The smallest absolute Gasteiger partial charge is 0.227 e. The van der Waals surface area contributed by atoms with Crippen LogP contribution in [0.15, 0.2) is 71.9 Å². The number of hydrogen-bond acceptors (Lipinski definition) is 6. The number of methoxy groups -OCH3 is 1. The van der Waals surface area contributed by atoms with Crippen molar-refractivity contribution in [3.63, 3.8) is 0 Å². The van der Waals surface area contributed by atoms with Gasteiger partial charge in [0.15, 0.2) is 0 Å². The predicted molar refractivity (Wildman–Crippen MR) is 161 cm³/mol. The molecule has 1 radical (unpaired) electrons. The van der Waals surface area contributed by atoms with Crippen LogP contribution in [0.25, 0.3) is 11.3 Å². The highest BCUT2D eigenvalue weighted by atomic mass is 35.5. The maximum absolute atomic E-state index is 15.1. The molecule has 41 heavy (non-hydrogen) atoms. The summed E-state index contributed by atoms with van der Waals surface area (Å²) in [6.07, 6.45) is 3.90. The summed E-state index contributed by atoms with van der Waals surface area (Å²) in [6.45, 7) is 1.17. The molecule has 6 rings (SSSR count). The minimum Gasteiger partial charge on any atom is -0.496 e. The fraction of sp³-hybridized carbons (Fsp3) is 0.281. The van der Waals surface area contributed by atoms with Crippen molar-refractivity contribution in [2.75, 3.05) is 33.1 Å². The van der Waals surface area contributed by atoms with E-state index < -0.39 is 5.82 Å². The van der Waals surface area contributed by atoms with Gasteiger partial charge in [-0.25, -0.2) is 19.7 Å². The standard InChI is InChI=1S/C32H31ClFN6O/c1-40(2)23-13-14-35-27(16-23)19-7-10-22(11-8-19)38-32-37-18-20-17-36-31(29-26(34)5-4-6-28(29)41-3)25-15-21(33)9-12-24(25)30(20)39-32/h4-12,15,18,23,27H,13-14,16-17H2,1-3H3,(H,37,38,39). The van der Waals surface area contributed by atoms with E-state index in [1.165, 1.54) is 18.7 Å². The van der Waals surface area contributed by atoms with Gasteiger partial charge in [0.25, 0.3) is 0 Å². The van der Waals surface area contributed by atoms with Crippen molar-refractivity contribution in [2.24, 2.45) is 4.99 Å². The van der Waals surface area contributed by atoms with Gasteiger partial charge in [-0.3, -0.25) is 4.99 Å². The van der Waals surface area contributed by atoms with Crippen molar-refractivity contribution in [3.05, 3.63) is 100.0 Å². The molecule has 0 amide bonds. The van der Waals surface area contributed by atoms with Gasteiger partial charge in [0, 0.05) is 46.2 Å². The van der Waals surface area contributed by atoms with Crippen molar-refractivity contribution in [1.29, 1.82) is 0 Å². The fourth-order valence-corrected chi connectivity index (χ4v) is 5.73. The molecule has 3 aromatic carbocycles. The first kappa shape index (κ1) is 27.3. The molecule has 1 fully saturated rings. The lowest BCUT2D eigenvalue weighted by atomic mass is 9.93. The van der Waals surface area contributed by atoms with E-state index in [1.54, 1.807) is 30.5 Å². The largest absolute Gasteiger partial charge is 0.496 e. The Balaban J connectivity index is 1.30. The molecule has 4 aromatic rings. The minimum absolute atomic E-state index is 0.208. The third-order valence-corrected chi connectivity index (χ3v) is 8.02. The van der Waals surface area contributed by atoms with Gasteiger partial charge in [-0.05, 0) is 68.9 Å². The molecule has 1 saturated heterocycles. The molecule has 2 atom stereocenters. The third-order valence-electron chi connectivity index (χ3n) is 7.79. The zero-order valence-electron chi connectivity index (χ0n) is 23.2. The zero-order valence-corrected chi connectivity index (χ0v) is 24.0. The van der Waals surface area contributed by atoms with Crippen LogP contribution in [0.2, 0.25) is 5.02 Å². The lowest BCUT2D eigenvalue weighted by molar-refractivity contribution is 0.204. The second-order valence-electron chi connectivity index (χ2n) is 10.6. The Morgan fingerprint density at radius 1 is 1.05 bits per heavy atom. The first-order valence-electron chi connectivity index (χ1n) is 13.6. The summed E-state index contributed by atoms with van der Waals surface area (Å²) >= 11 is 6.42. The summed E-state index contributed by atoms with van der Waals surface area (Å²) in [5, 5.41) is 8.71. The van der Waals surface area contributed by atoms with E-state index in [4.69, 9.17) is 31.6 Å². The molecule has 2 aliphatic rings. The van der Waals surface area contributed by atoms with Gasteiger partial charge < -0.3 is 15.0 Å². The number of hydrogen-bond donors (Lipinski definition) is 1. The number of halogens is 2. The Labute approximate surface area is 244 Å². The van der Waals surface area contributed by atoms with E-state index in [0.29, 0.717) is 39.6 Å².